The molecule has 0 bridgehead atoms. The minimum Gasteiger partial charge on any atom is -0.497 e. The highest BCUT2D eigenvalue weighted by Gasteiger charge is 2.30. The van der Waals surface area contributed by atoms with Crippen molar-refractivity contribution in [2.75, 3.05) is 14.2 Å². The minimum atomic E-state index is -0.390. The zero-order valence-corrected chi connectivity index (χ0v) is 16.5. The topological polar surface area (TPSA) is 71.9 Å². The summed E-state index contributed by atoms with van der Waals surface area (Å²) in [6.07, 6.45) is 6.11. The summed E-state index contributed by atoms with van der Waals surface area (Å²) in [6.45, 7) is 0.891. The first-order valence-electron chi connectivity index (χ1n) is 9.67. The van der Waals surface area contributed by atoms with Gasteiger partial charge in [-0.2, -0.15) is 0 Å². The van der Waals surface area contributed by atoms with Gasteiger partial charge in [-0.05, 0) is 43.0 Å². The summed E-state index contributed by atoms with van der Waals surface area (Å²) in [5.41, 5.74) is 1.89. The predicted molar refractivity (Wildman–Crippen MR) is 106 cm³/mol. The van der Waals surface area contributed by atoms with E-state index < -0.39 is 6.10 Å². The number of amides is 1. The molecule has 0 unspecified atom stereocenters. The molecule has 1 aromatic carbocycles. The normalized spacial score (nSPS) is 19.1. The molecule has 28 heavy (non-hydrogen) atoms. The number of hydrogen-bond donors (Lipinski definition) is 1. The van der Waals surface area contributed by atoms with Gasteiger partial charge in [0.05, 0.1) is 20.3 Å². The van der Waals surface area contributed by atoms with E-state index in [1.54, 1.807) is 26.6 Å². The Morgan fingerprint density at radius 3 is 2.75 bits per heavy atom. The lowest BCUT2D eigenvalue weighted by atomic mass is 9.86. The molecule has 1 heterocycles. The molecule has 6 nitrogen and oxygen atoms in total. The number of rotatable bonds is 7. The maximum atomic E-state index is 13.3. The molecular formula is C22H28N2O4. The highest BCUT2D eigenvalue weighted by Crippen LogP contribution is 2.30. The monoisotopic (exact) mass is 384 g/mol. The molecule has 1 saturated carbocycles. The molecule has 2 atom stereocenters. The summed E-state index contributed by atoms with van der Waals surface area (Å²) in [4.78, 5) is 19.3. The summed E-state index contributed by atoms with van der Waals surface area (Å²) >= 11 is 0. The van der Waals surface area contributed by atoms with Crippen LogP contribution in [0.4, 0.5) is 0 Å². The Bertz CT molecular complexity index is 781. The van der Waals surface area contributed by atoms with Crippen molar-refractivity contribution in [1.29, 1.82) is 0 Å². The average molecular weight is 384 g/mol. The van der Waals surface area contributed by atoms with E-state index >= 15 is 0 Å². The van der Waals surface area contributed by atoms with Crippen LogP contribution >= 0.6 is 0 Å². The van der Waals surface area contributed by atoms with Crippen molar-refractivity contribution in [2.24, 2.45) is 5.92 Å². The Balaban J connectivity index is 1.84. The molecule has 1 aromatic heterocycles. The van der Waals surface area contributed by atoms with Gasteiger partial charge in [-0.25, -0.2) is 0 Å². The Hall–Kier alpha value is -2.60. The molecule has 0 saturated heterocycles. The van der Waals surface area contributed by atoms with Crippen molar-refractivity contribution in [1.82, 2.24) is 9.88 Å². The van der Waals surface area contributed by atoms with E-state index in [0.29, 0.717) is 31.0 Å². The highest BCUT2D eigenvalue weighted by atomic mass is 16.5. The molecule has 1 aliphatic rings. The molecule has 1 fully saturated rings. The van der Waals surface area contributed by atoms with Crippen molar-refractivity contribution < 1.29 is 19.4 Å². The zero-order valence-electron chi connectivity index (χ0n) is 16.5. The van der Waals surface area contributed by atoms with Gasteiger partial charge >= 0.3 is 0 Å². The standard InChI is InChI=1S/C22H28N2O4/c1-27-20-9-8-18(21(12-20)28-2)15-24(14-16-5-4-10-23-13-16)22(26)17-6-3-7-19(25)11-17/h4-5,8-10,12-13,17,19,25H,3,6-7,11,14-15H2,1-2H3/t17-,19-/m0/s1. The van der Waals surface area contributed by atoms with Crippen LogP contribution in [0.5, 0.6) is 11.5 Å². The van der Waals surface area contributed by atoms with Gasteiger partial charge in [0.15, 0.2) is 0 Å². The summed E-state index contributed by atoms with van der Waals surface area (Å²) in [6, 6.07) is 9.46. The third-order valence-electron chi connectivity index (χ3n) is 5.26. The van der Waals surface area contributed by atoms with Crippen LogP contribution in [0.25, 0.3) is 0 Å². The third kappa shape index (κ3) is 5.01. The maximum Gasteiger partial charge on any atom is 0.226 e. The lowest BCUT2D eigenvalue weighted by Crippen LogP contribution is -2.38. The fourth-order valence-corrected chi connectivity index (χ4v) is 3.76. The van der Waals surface area contributed by atoms with Crippen molar-refractivity contribution in [3.63, 3.8) is 0 Å². The van der Waals surface area contributed by atoms with E-state index in [2.05, 4.69) is 4.98 Å². The summed E-state index contributed by atoms with van der Waals surface area (Å²) < 4.78 is 10.8. The number of aromatic nitrogens is 1. The zero-order chi connectivity index (χ0) is 19.9. The van der Waals surface area contributed by atoms with E-state index in [4.69, 9.17) is 9.47 Å². The van der Waals surface area contributed by atoms with Crippen LogP contribution in [0.2, 0.25) is 0 Å². The van der Waals surface area contributed by atoms with E-state index in [1.165, 1.54) is 0 Å². The van der Waals surface area contributed by atoms with E-state index in [9.17, 15) is 9.90 Å². The molecule has 6 heteroatoms. The van der Waals surface area contributed by atoms with Crippen molar-refractivity contribution in [3.05, 3.63) is 53.9 Å². The number of methoxy groups -OCH3 is 2. The molecule has 1 amide bonds. The van der Waals surface area contributed by atoms with Gasteiger partial charge in [-0.3, -0.25) is 9.78 Å². The second-order valence-corrected chi connectivity index (χ2v) is 7.25. The SMILES string of the molecule is COc1ccc(CN(Cc2cccnc2)C(=O)[C@H]2CCC[C@H](O)C2)c(OC)c1. The number of benzene rings is 1. The molecule has 2 aromatic rings. The van der Waals surface area contributed by atoms with Gasteiger partial charge in [-0.1, -0.05) is 12.5 Å². The molecule has 0 aliphatic heterocycles. The van der Waals surface area contributed by atoms with Gasteiger partial charge < -0.3 is 19.5 Å². The fourth-order valence-electron chi connectivity index (χ4n) is 3.76. The number of hydrogen-bond acceptors (Lipinski definition) is 5. The molecule has 1 N–H and O–H groups in total. The summed E-state index contributed by atoms with van der Waals surface area (Å²) in [7, 11) is 3.23. The van der Waals surface area contributed by atoms with Crippen LogP contribution in [0, 0.1) is 5.92 Å². The second kappa shape index (κ2) is 9.55. The Morgan fingerprint density at radius 1 is 1.21 bits per heavy atom. The van der Waals surface area contributed by atoms with Crippen molar-refractivity contribution in [3.8, 4) is 11.5 Å². The van der Waals surface area contributed by atoms with Gasteiger partial charge in [0.2, 0.25) is 5.91 Å². The van der Waals surface area contributed by atoms with Gasteiger partial charge in [0, 0.05) is 43.0 Å². The van der Waals surface area contributed by atoms with Crippen LogP contribution < -0.4 is 9.47 Å². The molecule has 3 rings (SSSR count). The molecule has 1 aliphatic carbocycles. The number of nitrogens with zero attached hydrogens (tertiary/aromatic N) is 2. The predicted octanol–water partition coefficient (Wildman–Crippen LogP) is 3.18. The van der Waals surface area contributed by atoms with Gasteiger partial charge in [0.1, 0.15) is 11.5 Å². The molecule has 0 radical (unpaired) electrons. The van der Waals surface area contributed by atoms with Crippen LogP contribution in [0.1, 0.15) is 36.8 Å². The van der Waals surface area contributed by atoms with Crippen molar-refractivity contribution >= 4 is 5.91 Å². The lowest BCUT2D eigenvalue weighted by molar-refractivity contribution is -0.139. The van der Waals surface area contributed by atoms with Crippen molar-refractivity contribution in [2.45, 2.75) is 44.9 Å². The first-order valence-corrected chi connectivity index (χ1v) is 9.67. The fraction of sp³-hybridized carbons (Fsp3) is 0.455. The number of carbonyl (C=O) groups is 1. The largest absolute Gasteiger partial charge is 0.497 e. The highest BCUT2D eigenvalue weighted by molar-refractivity contribution is 5.79. The Morgan fingerprint density at radius 2 is 2.07 bits per heavy atom. The summed E-state index contributed by atoms with van der Waals surface area (Å²) in [5.74, 6) is 1.32. The maximum absolute atomic E-state index is 13.3. The van der Waals surface area contributed by atoms with Gasteiger partial charge in [-0.15, -0.1) is 0 Å². The van der Waals surface area contributed by atoms with Crippen LogP contribution in [-0.2, 0) is 17.9 Å². The minimum absolute atomic E-state index is 0.0699. The van der Waals surface area contributed by atoms with Crippen LogP contribution in [0.15, 0.2) is 42.7 Å². The quantitative estimate of drug-likeness (QED) is 0.794. The first-order chi connectivity index (χ1) is 13.6. The lowest BCUT2D eigenvalue weighted by Gasteiger charge is -2.31. The average Bonchev–Trinajstić information content (AvgIpc) is 2.73. The van der Waals surface area contributed by atoms with E-state index in [0.717, 1.165) is 30.4 Å². The number of pyridine rings is 1. The number of aliphatic hydroxyl groups is 1. The number of aliphatic hydroxyl groups excluding tert-OH is 1. The molecule has 0 spiro atoms. The van der Waals surface area contributed by atoms with E-state index in [-0.39, 0.29) is 11.8 Å². The summed E-state index contributed by atoms with van der Waals surface area (Å²) in [5, 5.41) is 10.0. The van der Waals surface area contributed by atoms with E-state index in [1.807, 2.05) is 35.2 Å². The second-order valence-electron chi connectivity index (χ2n) is 7.25. The number of ether oxygens (including phenoxy) is 2. The Labute approximate surface area is 166 Å². The molecule has 150 valence electrons. The number of carbonyl (C=O) groups excluding carboxylic acids is 1. The first kappa shape index (κ1) is 20.1. The Kier molecular flexibility index (Phi) is 6.87. The third-order valence-corrected chi connectivity index (χ3v) is 5.26. The smallest absolute Gasteiger partial charge is 0.226 e. The van der Waals surface area contributed by atoms with Crippen LogP contribution in [-0.4, -0.2) is 41.2 Å². The van der Waals surface area contributed by atoms with Crippen LogP contribution in [0.3, 0.4) is 0 Å². The van der Waals surface area contributed by atoms with Gasteiger partial charge in [0.25, 0.3) is 0 Å². The molecular weight excluding hydrogens is 356 g/mol.